The van der Waals surface area contributed by atoms with Crippen LogP contribution in [0.25, 0.3) is 76.8 Å². The van der Waals surface area contributed by atoms with Crippen LogP contribution in [0.5, 0.6) is 0 Å². The van der Waals surface area contributed by atoms with E-state index in [1.807, 2.05) is 48.5 Å². The number of para-hydroxylation sites is 3. The molecule has 43 heavy (non-hydrogen) atoms. The fourth-order valence-corrected chi connectivity index (χ4v) is 6.93. The van der Waals surface area contributed by atoms with Crippen molar-refractivity contribution >= 4 is 65.4 Å². The molecule has 0 atom stereocenters. The van der Waals surface area contributed by atoms with Crippen molar-refractivity contribution in [3.8, 4) is 23.5 Å². The number of benzene rings is 6. The molecule has 9 aromatic rings. The minimum Gasteiger partial charge on any atom is -0.354 e. The third-order valence-electron chi connectivity index (χ3n) is 8.69. The van der Waals surface area contributed by atoms with Crippen molar-refractivity contribution in [3.63, 3.8) is 0 Å². The zero-order chi connectivity index (χ0) is 28.7. The molecule has 9 rings (SSSR count). The number of rotatable bonds is 2. The lowest BCUT2D eigenvalue weighted by Gasteiger charge is -2.12. The van der Waals surface area contributed by atoms with Crippen LogP contribution in [0.1, 0.15) is 11.1 Å². The van der Waals surface area contributed by atoms with Gasteiger partial charge in [-0.05, 0) is 66.7 Å². The van der Waals surface area contributed by atoms with Gasteiger partial charge in [0.05, 0.1) is 50.8 Å². The molecule has 0 aliphatic rings. The lowest BCUT2D eigenvalue weighted by atomic mass is 10.0. The smallest absolute Gasteiger partial charge is 0.0991 e. The number of nitrogens with zero attached hydrogens (tertiary/aromatic N) is 4. The maximum atomic E-state index is 9.51. The fraction of sp³-hybridized carbons (Fsp3) is 0. The molecule has 0 radical (unpaired) electrons. The number of nitriles is 2. The average Bonchev–Trinajstić information content (AvgIpc) is 3.73. The van der Waals surface area contributed by atoms with E-state index in [4.69, 9.17) is 0 Å². The molecule has 0 aliphatic carbocycles. The van der Waals surface area contributed by atoms with E-state index in [-0.39, 0.29) is 0 Å². The van der Waals surface area contributed by atoms with E-state index in [1.54, 1.807) is 0 Å². The van der Waals surface area contributed by atoms with Crippen molar-refractivity contribution in [2.75, 3.05) is 0 Å². The molecule has 0 unspecified atom stereocenters. The number of hydrogen-bond donors (Lipinski definition) is 1. The highest BCUT2D eigenvalue weighted by atomic mass is 15.0. The third-order valence-corrected chi connectivity index (χ3v) is 8.69. The van der Waals surface area contributed by atoms with Crippen molar-refractivity contribution in [2.45, 2.75) is 0 Å². The second kappa shape index (κ2) is 8.60. The quantitative estimate of drug-likeness (QED) is 0.234. The van der Waals surface area contributed by atoms with Gasteiger partial charge < -0.3 is 14.1 Å². The molecule has 5 heteroatoms. The van der Waals surface area contributed by atoms with Gasteiger partial charge in [-0.3, -0.25) is 0 Å². The van der Waals surface area contributed by atoms with Crippen LogP contribution in [0.15, 0.2) is 121 Å². The summed E-state index contributed by atoms with van der Waals surface area (Å²) in [6, 6.07) is 45.8. The maximum absolute atomic E-state index is 9.51. The number of hydrogen-bond acceptors (Lipinski definition) is 2. The van der Waals surface area contributed by atoms with E-state index >= 15 is 0 Å². The molecule has 198 valence electrons. The second-order valence-corrected chi connectivity index (χ2v) is 10.9. The van der Waals surface area contributed by atoms with Crippen molar-refractivity contribution < 1.29 is 0 Å². The van der Waals surface area contributed by atoms with Gasteiger partial charge in [0.2, 0.25) is 0 Å². The Labute approximate surface area is 245 Å². The lowest BCUT2D eigenvalue weighted by molar-refractivity contribution is 1.18. The van der Waals surface area contributed by atoms with Gasteiger partial charge in [0, 0.05) is 49.2 Å². The number of H-pyrrole nitrogens is 1. The predicted molar refractivity (Wildman–Crippen MR) is 174 cm³/mol. The topological polar surface area (TPSA) is 73.2 Å². The normalized spacial score (nSPS) is 11.7. The first-order valence-electron chi connectivity index (χ1n) is 14.2. The van der Waals surface area contributed by atoms with Gasteiger partial charge in [0.25, 0.3) is 0 Å². The molecule has 0 bridgehead atoms. The molecule has 0 spiro atoms. The molecular formula is C38H21N5. The predicted octanol–water partition coefficient (Wildman–Crippen LogP) is 9.26. The van der Waals surface area contributed by atoms with Crippen molar-refractivity contribution in [3.05, 3.63) is 132 Å². The van der Waals surface area contributed by atoms with Gasteiger partial charge in [-0.1, -0.05) is 54.6 Å². The molecule has 0 saturated heterocycles. The molecule has 3 aromatic heterocycles. The van der Waals surface area contributed by atoms with Gasteiger partial charge in [-0.15, -0.1) is 0 Å². The van der Waals surface area contributed by atoms with E-state index in [2.05, 4.69) is 99.1 Å². The summed E-state index contributed by atoms with van der Waals surface area (Å²) in [5.74, 6) is 0. The van der Waals surface area contributed by atoms with Gasteiger partial charge >= 0.3 is 0 Å². The molecule has 1 N–H and O–H groups in total. The number of aromatic nitrogens is 3. The molecule has 0 saturated carbocycles. The molecule has 0 fully saturated rings. The van der Waals surface area contributed by atoms with Gasteiger partial charge in [0.1, 0.15) is 0 Å². The number of nitrogens with one attached hydrogen (secondary N) is 1. The fourth-order valence-electron chi connectivity index (χ4n) is 6.93. The van der Waals surface area contributed by atoms with E-state index in [0.717, 1.165) is 66.0 Å². The van der Waals surface area contributed by atoms with E-state index in [0.29, 0.717) is 11.1 Å². The summed E-state index contributed by atoms with van der Waals surface area (Å²) in [4.78, 5) is 3.82. The Morgan fingerprint density at radius 1 is 0.465 bits per heavy atom. The van der Waals surface area contributed by atoms with Crippen LogP contribution in [0.3, 0.4) is 0 Å². The Morgan fingerprint density at radius 3 is 1.44 bits per heavy atom. The van der Waals surface area contributed by atoms with Crippen molar-refractivity contribution in [1.82, 2.24) is 14.1 Å². The summed E-state index contributed by atoms with van der Waals surface area (Å²) in [6.07, 6.45) is 0. The molecule has 0 aliphatic heterocycles. The molecule has 6 aromatic carbocycles. The van der Waals surface area contributed by atoms with Crippen LogP contribution in [-0.4, -0.2) is 14.1 Å². The Hall–Kier alpha value is -6.30. The summed E-state index contributed by atoms with van der Waals surface area (Å²) < 4.78 is 4.68. The lowest BCUT2D eigenvalue weighted by Crippen LogP contribution is -1.96. The Bertz CT molecular complexity index is 2580. The summed E-state index contributed by atoms with van der Waals surface area (Å²) >= 11 is 0. The highest BCUT2D eigenvalue weighted by Crippen LogP contribution is 2.48. The highest BCUT2D eigenvalue weighted by Gasteiger charge is 2.26. The number of fused-ring (bicyclic) bond motifs is 12. The average molecular weight is 548 g/mol. The standard InChI is InChI=1S/C38H21N5/c39-21-23-13-17-25(18-14-23)42-31-11-5-2-8-28(31)34-36-33(27-7-1-4-10-30(27)41-36)37-35(38(34)42)29-9-3-6-12-32(29)43(37)26-19-15-24(22-40)16-20-26/h1-20,41H. The highest BCUT2D eigenvalue weighted by molar-refractivity contribution is 6.39. The van der Waals surface area contributed by atoms with Crippen LogP contribution < -0.4 is 0 Å². The monoisotopic (exact) mass is 547 g/mol. The first kappa shape index (κ1) is 23.4. The summed E-state index contributed by atoms with van der Waals surface area (Å²) in [5, 5.41) is 26.0. The first-order valence-corrected chi connectivity index (χ1v) is 14.2. The van der Waals surface area contributed by atoms with Crippen LogP contribution in [0.2, 0.25) is 0 Å². The molecular weight excluding hydrogens is 526 g/mol. The van der Waals surface area contributed by atoms with E-state index < -0.39 is 0 Å². The summed E-state index contributed by atoms with van der Waals surface area (Å²) in [7, 11) is 0. The zero-order valence-corrected chi connectivity index (χ0v) is 22.8. The minimum atomic E-state index is 0.630. The molecule has 0 amide bonds. The van der Waals surface area contributed by atoms with Crippen LogP contribution >= 0.6 is 0 Å². The second-order valence-electron chi connectivity index (χ2n) is 10.9. The Kier molecular flexibility index (Phi) is 4.68. The van der Waals surface area contributed by atoms with Crippen LogP contribution in [0, 0.1) is 22.7 Å². The van der Waals surface area contributed by atoms with Gasteiger partial charge in [0.15, 0.2) is 0 Å². The molecule has 5 nitrogen and oxygen atoms in total. The van der Waals surface area contributed by atoms with Gasteiger partial charge in [-0.25, -0.2) is 0 Å². The van der Waals surface area contributed by atoms with Crippen LogP contribution in [-0.2, 0) is 0 Å². The maximum Gasteiger partial charge on any atom is 0.0991 e. The van der Waals surface area contributed by atoms with E-state index in [9.17, 15) is 10.5 Å². The first-order chi connectivity index (χ1) is 21.3. The minimum absolute atomic E-state index is 0.630. The van der Waals surface area contributed by atoms with Crippen molar-refractivity contribution in [2.24, 2.45) is 0 Å². The largest absolute Gasteiger partial charge is 0.354 e. The van der Waals surface area contributed by atoms with Crippen molar-refractivity contribution in [1.29, 1.82) is 10.5 Å². The summed E-state index contributed by atoms with van der Waals surface area (Å²) in [6.45, 7) is 0. The summed E-state index contributed by atoms with van der Waals surface area (Å²) in [5.41, 5.74) is 9.85. The zero-order valence-electron chi connectivity index (χ0n) is 22.8. The van der Waals surface area contributed by atoms with E-state index in [1.165, 1.54) is 10.8 Å². The Morgan fingerprint density at radius 2 is 0.907 bits per heavy atom. The third kappa shape index (κ3) is 3.08. The Balaban J connectivity index is 1.62. The number of aromatic amines is 1. The van der Waals surface area contributed by atoms with Gasteiger partial charge in [-0.2, -0.15) is 10.5 Å². The van der Waals surface area contributed by atoms with Crippen LogP contribution in [0.4, 0.5) is 0 Å². The SMILES string of the molecule is N#Cc1ccc(-n2c3ccccc3c3c4[nH]c5ccccc5c4c4c(c5ccccc5n4-c4ccc(C#N)cc4)c32)cc1. The molecule has 3 heterocycles.